The third-order valence-corrected chi connectivity index (χ3v) is 1.95. The molecule has 0 heterocycles. The van der Waals surface area contributed by atoms with Crippen molar-refractivity contribution in [3.63, 3.8) is 0 Å². The van der Waals surface area contributed by atoms with Crippen LogP contribution in [0.1, 0.15) is 12.5 Å². The fourth-order valence-electron chi connectivity index (χ4n) is 1.06. The Labute approximate surface area is 78.4 Å². The Morgan fingerprint density at radius 1 is 1.46 bits per heavy atom. The van der Waals surface area contributed by atoms with Crippen molar-refractivity contribution in [3.8, 4) is 0 Å². The first kappa shape index (κ1) is 9.52. The largest absolute Gasteiger partial charge is 0.618 e. The van der Waals surface area contributed by atoms with Crippen molar-refractivity contribution in [3.05, 3.63) is 47.7 Å². The number of aryl methyl sites for hydroxylation is 1. The lowest BCUT2D eigenvalue weighted by Crippen LogP contribution is -2.05. The zero-order valence-electron chi connectivity index (χ0n) is 7.95. The Kier molecular flexibility index (Phi) is 2.85. The van der Waals surface area contributed by atoms with Gasteiger partial charge in [-0.3, -0.25) is 0 Å². The smallest absolute Gasteiger partial charge is 0.219 e. The Balaban J connectivity index is 3.23. The lowest BCUT2D eigenvalue weighted by atomic mass is 10.2. The summed E-state index contributed by atoms with van der Waals surface area (Å²) in [5, 5.41) is 11.6. The average Bonchev–Trinajstić information content (AvgIpc) is 2.16. The minimum atomic E-state index is 0.606. The van der Waals surface area contributed by atoms with E-state index < -0.39 is 0 Å². The normalized spacial score (nSPS) is 12.2. The predicted octanol–water partition coefficient (Wildman–Crippen LogP) is 2.78. The molecule has 0 amide bonds. The highest BCUT2D eigenvalue weighted by molar-refractivity contribution is 5.88. The molecule has 68 valence electrons. The number of benzene rings is 1. The Morgan fingerprint density at radius 2 is 2.08 bits per heavy atom. The quantitative estimate of drug-likeness (QED) is 0.294. The SMILES string of the molecule is C=C/C(C)=[N+](\[O-])c1ccccc1C. The standard InChI is InChI=1S/C11H13NO/c1-4-10(3)12(13)11-8-6-5-7-9(11)2/h4-8H,1H2,2-3H3/b12-10-. The monoisotopic (exact) mass is 175 g/mol. The summed E-state index contributed by atoms with van der Waals surface area (Å²) < 4.78 is 0.891. The molecule has 13 heavy (non-hydrogen) atoms. The summed E-state index contributed by atoms with van der Waals surface area (Å²) in [5.74, 6) is 0. The van der Waals surface area contributed by atoms with Crippen LogP contribution in [0.3, 0.4) is 0 Å². The van der Waals surface area contributed by atoms with E-state index in [1.807, 2.05) is 25.1 Å². The number of nitrogens with zero attached hydrogens (tertiary/aromatic N) is 1. The molecule has 2 nitrogen and oxygen atoms in total. The minimum Gasteiger partial charge on any atom is -0.618 e. The molecule has 0 aromatic heterocycles. The third-order valence-electron chi connectivity index (χ3n) is 1.95. The molecule has 0 aliphatic heterocycles. The number of hydrogen-bond donors (Lipinski definition) is 0. The van der Waals surface area contributed by atoms with E-state index in [4.69, 9.17) is 0 Å². The summed E-state index contributed by atoms with van der Waals surface area (Å²) >= 11 is 0. The fraction of sp³-hybridized carbons (Fsp3) is 0.182. The van der Waals surface area contributed by atoms with E-state index in [1.54, 1.807) is 19.1 Å². The zero-order valence-corrected chi connectivity index (χ0v) is 7.95. The summed E-state index contributed by atoms with van der Waals surface area (Å²) in [4.78, 5) is 0. The molecule has 2 heteroatoms. The van der Waals surface area contributed by atoms with Crippen LogP contribution in [-0.2, 0) is 0 Å². The molecule has 0 fully saturated rings. The zero-order chi connectivity index (χ0) is 9.84. The van der Waals surface area contributed by atoms with Crippen LogP contribution >= 0.6 is 0 Å². The summed E-state index contributed by atoms with van der Waals surface area (Å²) in [6.07, 6.45) is 1.56. The summed E-state index contributed by atoms with van der Waals surface area (Å²) in [7, 11) is 0. The van der Waals surface area contributed by atoms with Crippen molar-refractivity contribution in [2.75, 3.05) is 0 Å². The van der Waals surface area contributed by atoms with Gasteiger partial charge in [0, 0.05) is 18.6 Å². The minimum absolute atomic E-state index is 0.606. The van der Waals surface area contributed by atoms with Crippen molar-refractivity contribution in [1.82, 2.24) is 0 Å². The Hall–Kier alpha value is -1.57. The molecular weight excluding hydrogens is 162 g/mol. The van der Waals surface area contributed by atoms with Crippen LogP contribution in [0.4, 0.5) is 5.69 Å². The molecule has 0 bridgehead atoms. The molecule has 1 aromatic rings. The molecule has 0 aliphatic carbocycles. The van der Waals surface area contributed by atoms with Gasteiger partial charge >= 0.3 is 0 Å². The Morgan fingerprint density at radius 3 is 2.62 bits per heavy atom. The fourth-order valence-corrected chi connectivity index (χ4v) is 1.06. The highest BCUT2D eigenvalue weighted by Crippen LogP contribution is 2.16. The van der Waals surface area contributed by atoms with Crippen LogP contribution in [0.2, 0.25) is 0 Å². The molecule has 0 unspecified atom stereocenters. The van der Waals surface area contributed by atoms with Gasteiger partial charge in [0.05, 0.1) is 0 Å². The van der Waals surface area contributed by atoms with Gasteiger partial charge in [0.15, 0.2) is 5.71 Å². The van der Waals surface area contributed by atoms with Crippen molar-refractivity contribution < 1.29 is 4.74 Å². The average molecular weight is 175 g/mol. The number of allylic oxidation sites excluding steroid dienone is 1. The first-order valence-electron chi connectivity index (χ1n) is 4.15. The van der Waals surface area contributed by atoms with Crippen LogP contribution in [0.5, 0.6) is 0 Å². The molecule has 1 aromatic carbocycles. The first-order valence-corrected chi connectivity index (χ1v) is 4.15. The number of para-hydroxylation sites is 1. The highest BCUT2D eigenvalue weighted by atomic mass is 16.5. The molecule has 0 aliphatic rings. The van der Waals surface area contributed by atoms with Crippen LogP contribution in [0.25, 0.3) is 0 Å². The predicted molar refractivity (Wildman–Crippen MR) is 55.3 cm³/mol. The maximum Gasteiger partial charge on any atom is 0.219 e. The molecule has 0 N–H and O–H groups in total. The van der Waals surface area contributed by atoms with E-state index in [9.17, 15) is 5.21 Å². The maximum absolute atomic E-state index is 11.6. The molecule has 0 saturated heterocycles. The topological polar surface area (TPSA) is 26.1 Å². The van der Waals surface area contributed by atoms with Crippen molar-refractivity contribution in [2.24, 2.45) is 0 Å². The second kappa shape index (κ2) is 3.90. The van der Waals surface area contributed by atoms with Gasteiger partial charge in [-0.2, -0.15) is 4.74 Å². The van der Waals surface area contributed by atoms with Crippen molar-refractivity contribution in [2.45, 2.75) is 13.8 Å². The molecule has 0 radical (unpaired) electrons. The molecule has 0 saturated carbocycles. The van der Waals surface area contributed by atoms with Crippen molar-refractivity contribution in [1.29, 1.82) is 0 Å². The van der Waals surface area contributed by atoms with Crippen LogP contribution < -0.4 is 0 Å². The summed E-state index contributed by atoms with van der Waals surface area (Å²) in [6, 6.07) is 7.48. The number of rotatable bonds is 2. The van der Waals surface area contributed by atoms with Gasteiger partial charge in [-0.15, -0.1) is 0 Å². The third kappa shape index (κ3) is 1.96. The van der Waals surface area contributed by atoms with Gasteiger partial charge in [0.2, 0.25) is 5.69 Å². The Bertz CT molecular complexity index is 353. The van der Waals surface area contributed by atoms with Crippen molar-refractivity contribution >= 4 is 11.4 Å². The van der Waals surface area contributed by atoms with Crippen LogP contribution in [-0.4, -0.2) is 10.5 Å². The summed E-state index contributed by atoms with van der Waals surface area (Å²) in [5.41, 5.74) is 2.26. The van der Waals surface area contributed by atoms with Gasteiger partial charge in [0.1, 0.15) is 0 Å². The van der Waals surface area contributed by atoms with E-state index in [0.29, 0.717) is 11.4 Å². The molecule has 1 rings (SSSR count). The van der Waals surface area contributed by atoms with Gasteiger partial charge in [-0.25, -0.2) is 0 Å². The lowest BCUT2D eigenvalue weighted by molar-refractivity contribution is -0.360. The van der Waals surface area contributed by atoms with E-state index in [1.165, 1.54) is 0 Å². The second-order valence-electron chi connectivity index (χ2n) is 2.93. The van der Waals surface area contributed by atoms with Gasteiger partial charge in [0.25, 0.3) is 0 Å². The molecular formula is C11H13NO. The van der Waals surface area contributed by atoms with Gasteiger partial charge in [-0.05, 0) is 13.0 Å². The van der Waals surface area contributed by atoms with Gasteiger partial charge in [-0.1, -0.05) is 24.8 Å². The summed E-state index contributed by atoms with van der Waals surface area (Å²) in [6.45, 7) is 7.21. The van der Waals surface area contributed by atoms with E-state index >= 15 is 0 Å². The van der Waals surface area contributed by atoms with E-state index in [0.717, 1.165) is 10.3 Å². The molecule has 0 spiro atoms. The van der Waals surface area contributed by atoms with Crippen LogP contribution in [0, 0.1) is 12.1 Å². The first-order chi connectivity index (χ1) is 6.16. The van der Waals surface area contributed by atoms with Gasteiger partial charge < -0.3 is 5.21 Å². The lowest BCUT2D eigenvalue weighted by Gasteiger charge is -2.06. The maximum atomic E-state index is 11.6. The van der Waals surface area contributed by atoms with E-state index in [-0.39, 0.29) is 0 Å². The molecule has 0 atom stereocenters. The van der Waals surface area contributed by atoms with E-state index in [2.05, 4.69) is 6.58 Å². The second-order valence-corrected chi connectivity index (χ2v) is 2.93. The number of hydrogen-bond acceptors (Lipinski definition) is 1. The highest BCUT2D eigenvalue weighted by Gasteiger charge is 2.06. The van der Waals surface area contributed by atoms with Crippen LogP contribution in [0.15, 0.2) is 36.9 Å².